The molecule has 0 unspecified atom stereocenters. The number of rotatable bonds is 6. The first kappa shape index (κ1) is 14.5. The molecule has 16 heavy (non-hydrogen) atoms. The minimum absolute atomic E-state index is 0.214. The van der Waals surface area contributed by atoms with Crippen molar-refractivity contribution < 1.29 is 14.7 Å². The number of carboxylic acid groups (broad SMARTS) is 1. The van der Waals surface area contributed by atoms with Crippen LogP contribution in [0.25, 0.3) is 0 Å². The fourth-order valence-corrected chi connectivity index (χ4v) is 1.23. The van der Waals surface area contributed by atoms with Crippen LogP contribution in [-0.2, 0) is 4.79 Å². The normalized spacial score (nSPS) is 12.0. The number of carboxylic acids is 1. The summed E-state index contributed by atoms with van der Waals surface area (Å²) >= 11 is 0. The average molecular weight is 228 g/mol. The maximum atomic E-state index is 11.5. The third-order valence-electron chi connectivity index (χ3n) is 2.05. The van der Waals surface area contributed by atoms with Crippen molar-refractivity contribution >= 4 is 12.0 Å². The number of hydrogen-bond acceptors (Lipinski definition) is 2. The summed E-state index contributed by atoms with van der Waals surface area (Å²) in [4.78, 5) is 23.8. The lowest BCUT2D eigenvalue weighted by atomic mass is 10.0. The summed E-state index contributed by atoms with van der Waals surface area (Å²) in [5, 5.41) is 11.4. The fourth-order valence-electron chi connectivity index (χ4n) is 1.23. The van der Waals surface area contributed by atoms with E-state index in [1.807, 2.05) is 13.8 Å². The minimum Gasteiger partial charge on any atom is -0.480 e. The van der Waals surface area contributed by atoms with Crippen LogP contribution in [0.2, 0.25) is 0 Å². The summed E-state index contributed by atoms with van der Waals surface area (Å²) in [5.41, 5.74) is 0. The molecule has 0 aliphatic carbocycles. The molecule has 0 spiro atoms. The van der Waals surface area contributed by atoms with E-state index in [1.54, 1.807) is 13.1 Å². The third-order valence-corrected chi connectivity index (χ3v) is 2.05. The number of nitrogens with one attached hydrogen (secondary N) is 1. The van der Waals surface area contributed by atoms with E-state index in [9.17, 15) is 9.59 Å². The van der Waals surface area contributed by atoms with E-state index in [-0.39, 0.29) is 5.92 Å². The molecule has 1 atom stereocenters. The Kier molecular flexibility index (Phi) is 6.22. The lowest BCUT2D eigenvalue weighted by Crippen LogP contribution is -2.47. The molecule has 0 saturated carbocycles. The van der Waals surface area contributed by atoms with Gasteiger partial charge in [-0.25, -0.2) is 9.59 Å². The van der Waals surface area contributed by atoms with Crippen molar-refractivity contribution in [2.75, 3.05) is 13.6 Å². The Morgan fingerprint density at radius 2 is 2.06 bits per heavy atom. The minimum atomic E-state index is -1.01. The number of nitrogens with zero attached hydrogens (tertiary/aromatic N) is 1. The Bertz CT molecular complexity index is 264. The van der Waals surface area contributed by atoms with E-state index in [4.69, 9.17) is 5.11 Å². The average Bonchev–Trinajstić information content (AvgIpc) is 2.16. The lowest BCUT2D eigenvalue weighted by molar-refractivity contribution is -0.139. The van der Waals surface area contributed by atoms with Crippen molar-refractivity contribution in [3.05, 3.63) is 12.7 Å². The Balaban J connectivity index is 4.33. The zero-order valence-electron chi connectivity index (χ0n) is 10.1. The zero-order valence-corrected chi connectivity index (χ0v) is 10.1. The Labute approximate surface area is 96.1 Å². The summed E-state index contributed by atoms with van der Waals surface area (Å²) in [7, 11) is 1.59. The van der Waals surface area contributed by atoms with Gasteiger partial charge in [0, 0.05) is 13.6 Å². The topological polar surface area (TPSA) is 69.6 Å². The molecule has 0 aromatic carbocycles. The predicted octanol–water partition coefficient (Wildman–Crippen LogP) is 1.31. The number of amides is 2. The summed E-state index contributed by atoms with van der Waals surface area (Å²) < 4.78 is 0. The van der Waals surface area contributed by atoms with Crippen molar-refractivity contribution in [1.82, 2.24) is 10.2 Å². The monoisotopic (exact) mass is 228 g/mol. The molecule has 2 N–H and O–H groups in total. The lowest BCUT2D eigenvalue weighted by Gasteiger charge is -2.21. The number of likely N-dealkylation sites (N-methyl/N-ethyl adjacent to an activating group) is 1. The molecule has 0 bridgehead atoms. The van der Waals surface area contributed by atoms with E-state index in [0.717, 1.165) is 0 Å². The molecule has 0 aromatic rings. The van der Waals surface area contributed by atoms with Gasteiger partial charge in [-0.1, -0.05) is 19.9 Å². The highest BCUT2D eigenvalue weighted by molar-refractivity contribution is 5.82. The quantitative estimate of drug-likeness (QED) is 0.673. The highest BCUT2D eigenvalue weighted by atomic mass is 16.4. The maximum Gasteiger partial charge on any atom is 0.326 e. The molecule has 0 heterocycles. The second kappa shape index (κ2) is 6.87. The van der Waals surface area contributed by atoms with E-state index in [1.165, 1.54) is 4.90 Å². The zero-order chi connectivity index (χ0) is 12.7. The highest BCUT2D eigenvalue weighted by Crippen LogP contribution is 2.05. The van der Waals surface area contributed by atoms with Crippen molar-refractivity contribution in [3.63, 3.8) is 0 Å². The number of aliphatic carboxylic acids is 1. The first-order valence-corrected chi connectivity index (χ1v) is 5.23. The van der Waals surface area contributed by atoms with Crippen molar-refractivity contribution in [3.8, 4) is 0 Å². The van der Waals surface area contributed by atoms with Gasteiger partial charge in [-0.3, -0.25) is 0 Å². The van der Waals surface area contributed by atoms with Gasteiger partial charge in [-0.2, -0.15) is 0 Å². The molecule has 0 fully saturated rings. The molecule has 5 heteroatoms. The summed E-state index contributed by atoms with van der Waals surface area (Å²) in [6.07, 6.45) is 2.00. The Morgan fingerprint density at radius 3 is 2.44 bits per heavy atom. The fraction of sp³-hybridized carbons (Fsp3) is 0.636. The molecule has 0 radical (unpaired) electrons. The largest absolute Gasteiger partial charge is 0.480 e. The number of hydrogen-bond donors (Lipinski definition) is 2. The van der Waals surface area contributed by atoms with Crippen LogP contribution in [0.15, 0.2) is 12.7 Å². The number of carbonyl (C=O) groups is 2. The standard InChI is InChI=1S/C11H20N2O3/c1-5-6-13(4)11(16)12-9(10(14)15)7-8(2)3/h5,8-9H,1,6-7H2,2-4H3,(H,12,16)(H,14,15)/t9-/m1/s1. The van der Waals surface area contributed by atoms with Crippen LogP contribution in [0.5, 0.6) is 0 Å². The third kappa shape index (κ3) is 5.38. The van der Waals surface area contributed by atoms with Gasteiger partial charge in [-0.05, 0) is 12.3 Å². The molecule has 5 nitrogen and oxygen atoms in total. The summed E-state index contributed by atoms with van der Waals surface area (Å²) in [6.45, 7) is 7.72. The second-order valence-electron chi connectivity index (χ2n) is 4.14. The van der Waals surface area contributed by atoms with Crippen molar-refractivity contribution in [2.24, 2.45) is 5.92 Å². The van der Waals surface area contributed by atoms with Gasteiger partial charge in [0.05, 0.1) is 0 Å². The SMILES string of the molecule is C=CCN(C)C(=O)N[C@H](CC(C)C)C(=O)O. The first-order valence-electron chi connectivity index (χ1n) is 5.23. The van der Waals surface area contributed by atoms with Gasteiger partial charge in [0.15, 0.2) is 0 Å². The van der Waals surface area contributed by atoms with Crippen LogP contribution in [0, 0.1) is 5.92 Å². The maximum absolute atomic E-state index is 11.5. The molecule has 0 aliphatic rings. The van der Waals surface area contributed by atoms with Crippen LogP contribution < -0.4 is 5.32 Å². The Morgan fingerprint density at radius 1 is 1.50 bits per heavy atom. The Hall–Kier alpha value is -1.52. The smallest absolute Gasteiger partial charge is 0.326 e. The van der Waals surface area contributed by atoms with Gasteiger partial charge in [-0.15, -0.1) is 6.58 Å². The molecule has 0 aromatic heterocycles. The molecule has 0 rings (SSSR count). The van der Waals surface area contributed by atoms with Gasteiger partial charge in [0.25, 0.3) is 0 Å². The second-order valence-corrected chi connectivity index (χ2v) is 4.14. The van der Waals surface area contributed by atoms with Crippen LogP contribution in [-0.4, -0.2) is 41.6 Å². The molecule has 92 valence electrons. The number of carbonyl (C=O) groups excluding carboxylic acids is 1. The molecule has 2 amide bonds. The molecular formula is C11H20N2O3. The van der Waals surface area contributed by atoms with Crippen molar-refractivity contribution in [2.45, 2.75) is 26.3 Å². The van der Waals surface area contributed by atoms with Crippen LogP contribution in [0.4, 0.5) is 4.79 Å². The van der Waals surface area contributed by atoms with E-state index in [2.05, 4.69) is 11.9 Å². The van der Waals surface area contributed by atoms with Crippen LogP contribution in [0.3, 0.4) is 0 Å². The molecular weight excluding hydrogens is 208 g/mol. The van der Waals surface area contributed by atoms with Crippen LogP contribution >= 0.6 is 0 Å². The van der Waals surface area contributed by atoms with Gasteiger partial charge in [0.2, 0.25) is 0 Å². The summed E-state index contributed by atoms with van der Waals surface area (Å²) in [5.74, 6) is -0.792. The van der Waals surface area contributed by atoms with Gasteiger partial charge >= 0.3 is 12.0 Å². The molecule has 0 saturated heterocycles. The van der Waals surface area contributed by atoms with Crippen molar-refractivity contribution in [1.29, 1.82) is 0 Å². The summed E-state index contributed by atoms with van der Waals surface area (Å²) in [6, 6.07) is -1.23. The van der Waals surface area contributed by atoms with Gasteiger partial charge in [0.1, 0.15) is 6.04 Å². The van der Waals surface area contributed by atoms with E-state index < -0.39 is 18.0 Å². The first-order chi connectivity index (χ1) is 7.38. The highest BCUT2D eigenvalue weighted by Gasteiger charge is 2.22. The predicted molar refractivity (Wildman–Crippen MR) is 62.2 cm³/mol. The number of urea groups is 1. The van der Waals surface area contributed by atoms with E-state index in [0.29, 0.717) is 13.0 Å². The molecule has 0 aliphatic heterocycles. The van der Waals surface area contributed by atoms with E-state index >= 15 is 0 Å². The van der Waals surface area contributed by atoms with Crippen LogP contribution in [0.1, 0.15) is 20.3 Å². The van der Waals surface area contributed by atoms with Gasteiger partial charge < -0.3 is 15.3 Å².